The van der Waals surface area contributed by atoms with Crippen molar-refractivity contribution < 1.29 is 19.1 Å². The number of esters is 1. The van der Waals surface area contributed by atoms with Gasteiger partial charge < -0.3 is 10.5 Å². The van der Waals surface area contributed by atoms with Gasteiger partial charge in [0, 0.05) is 18.2 Å². The van der Waals surface area contributed by atoms with Gasteiger partial charge in [0.15, 0.2) is 5.78 Å². The standard InChI is InChI=1S/C15H17NO4/c1-10(17)7-15(19)20-11(2)8-14(18)13-6-4-3-5-12(13)9-16/h3-6,8H,7,9,16H2,1-2H3. The first kappa shape index (κ1) is 15.8. The zero-order valence-electron chi connectivity index (χ0n) is 11.5. The third kappa shape index (κ3) is 4.78. The summed E-state index contributed by atoms with van der Waals surface area (Å²) in [6.07, 6.45) is 0.908. The Bertz CT molecular complexity index is 561. The van der Waals surface area contributed by atoms with Gasteiger partial charge in [-0.2, -0.15) is 0 Å². The molecule has 0 spiro atoms. The number of hydrogen-bond acceptors (Lipinski definition) is 5. The fourth-order valence-corrected chi connectivity index (χ4v) is 1.65. The highest BCUT2D eigenvalue weighted by Crippen LogP contribution is 2.11. The zero-order chi connectivity index (χ0) is 15.1. The van der Waals surface area contributed by atoms with Crippen LogP contribution in [0, 0.1) is 0 Å². The molecule has 0 aliphatic carbocycles. The maximum atomic E-state index is 12.0. The second-order valence-electron chi connectivity index (χ2n) is 4.33. The van der Waals surface area contributed by atoms with Crippen LogP contribution in [0.2, 0.25) is 0 Å². The Labute approximate surface area is 117 Å². The van der Waals surface area contributed by atoms with E-state index in [9.17, 15) is 14.4 Å². The number of carbonyl (C=O) groups excluding carboxylic acids is 3. The normalized spacial score (nSPS) is 11.1. The van der Waals surface area contributed by atoms with Crippen molar-refractivity contribution in [1.29, 1.82) is 0 Å². The summed E-state index contributed by atoms with van der Waals surface area (Å²) < 4.78 is 4.88. The molecule has 0 radical (unpaired) electrons. The molecule has 5 heteroatoms. The van der Waals surface area contributed by atoms with E-state index in [2.05, 4.69) is 0 Å². The van der Waals surface area contributed by atoms with E-state index in [1.807, 2.05) is 0 Å². The minimum Gasteiger partial charge on any atom is -0.431 e. The number of nitrogens with two attached hydrogens (primary N) is 1. The monoisotopic (exact) mass is 275 g/mol. The SMILES string of the molecule is CC(=O)CC(=O)OC(C)=CC(=O)c1ccccc1CN. The molecule has 5 nitrogen and oxygen atoms in total. The van der Waals surface area contributed by atoms with Crippen LogP contribution in [0.3, 0.4) is 0 Å². The highest BCUT2D eigenvalue weighted by atomic mass is 16.5. The summed E-state index contributed by atoms with van der Waals surface area (Å²) in [7, 11) is 0. The summed E-state index contributed by atoms with van der Waals surface area (Å²) in [5.74, 6) is -1.11. The number of allylic oxidation sites excluding steroid dienone is 2. The molecule has 0 atom stereocenters. The van der Waals surface area contributed by atoms with Crippen molar-refractivity contribution in [3.8, 4) is 0 Å². The number of rotatable bonds is 6. The Morgan fingerprint density at radius 2 is 1.85 bits per heavy atom. The van der Waals surface area contributed by atoms with Crippen molar-refractivity contribution >= 4 is 17.5 Å². The van der Waals surface area contributed by atoms with Crippen molar-refractivity contribution in [2.75, 3.05) is 0 Å². The summed E-state index contributed by atoms with van der Waals surface area (Å²) in [5, 5.41) is 0. The van der Waals surface area contributed by atoms with Gasteiger partial charge in [0.1, 0.15) is 18.0 Å². The molecule has 106 valence electrons. The molecule has 0 heterocycles. The molecule has 0 aliphatic heterocycles. The van der Waals surface area contributed by atoms with Gasteiger partial charge in [0.05, 0.1) is 0 Å². The number of Topliss-reactive ketones (excluding diaryl/α,β-unsaturated/α-hetero) is 1. The van der Waals surface area contributed by atoms with Gasteiger partial charge >= 0.3 is 5.97 Å². The Morgan fingerprint density at radius 1 is 1.20 bits per heavy atom. The van der Waals surface area contributed by atoms with Crippen LogP contribution < -0.4 is 5.73 Å². The average molecular weight is 275 g/mol. The van der Waals surface area contributed by atoms with E-state index in [1.54, 1.807) is 24.3 Å². The molecule has 20 heavy (non-hydrogen) atoms. The molecular weight excluding hydrogens is 258 g/mol. The zero-order valence-corrected chi connectivity index (χ0v) is 11.5. The highest BCUT2D eigenvalue weighted by molar-refractivity contribution is 6.06. The van der Waals surface area contributed by atoms with E-state index in [0.717, 1.165) is 5.56 Å². The van der Waals surface area contributed by atoms with E-state index in [0.29, 0.717) is 5.56 Å². The van der Waals surface area contributed by atoms with Crippen LogP contribution in [0.5, 0.6) is 0 Å². The summed E-state index contributed by atoms with van der Waals surface area (Å²) in [6, 6.07) is 6.95. The minimum absolute atomic E-state index is 0.146. The van der Waals surface area contributed by atoms with Gasteiger partial charge in [-0.25, -0.2) is 0 Å². The molecule has 1 aromatic carbocycles. The number of ether oxygens (including phenoxy) is 1. The predicted octanol–water partition coefficient (Wildman–Crippen LogP) is 1.75. The van der Waals surface area contributed by atoms with Gasteiger partial charge in [0.25, 0.3) is 0 Å². The lowest BCUT2D eigenvalue weighted by atomic mass is 10.0. The molecule has 0 saturated carbocycles. The van der Waals surface area contributed by atoms with Crippen LogP contribution in [0.25, 0.3) is 0 Å². The summed E-state index contributed by atoms with van der Waals surface area (Å²) in [6.45, 7) is 3.03. The topological polar surface area (TPSA) is 86.5 Å². The van der Waals surface area contributed by atoms with Crippen molar-refractivity contribution in [3.63, 3.8) is 0 Å². The Morgan fingerprint density at radius 3 is 2.45 bits per heavy atom. The second-order valence-corrected chi connectivity index (χ2v) is 4.33. The molecule has 0 unspecified atom stereocenters. The van der Waals surface area contributed by atoms with Gasteiger partial charge in [-0.1, -0.05) is 24.3 Å². The lowest BCUT2D eigenvalue weighted by Gasteiger charge is -2.05. The van der Waals surface area contributed by atoms with Gasteiger partial charge in [-0.15, -0.1) is 0 Å². The summed E-state index contributed by atoms with van der Waals surface area (Å²) in [5.41, 5.74) is 6.75. The first-order chi connectivity index (χ1) is 9.43. The van der Waals surface area contributed by atoms with Crippen molar-refractivity contribution in [3.05, 3.63) is 47.2 Å². The van der Waals surface area contributed by atoms with Gasteiger partial charge in [-0.3, -0.25) is 14.4 Å². The third-order valence-corrected chi connectivity index (χ3v) is 2.51. The number of benzene rings is 1. The molecule has 1 aromatic rings. The smallest absolute Gasteiger partial charge is 0.318 e. The molecular formula is C15H17NO4. The first-order valence-electron chi connectivity index (χ1n) is 6.14. The van der Waals surface area contributed by atoms with Crippen LogP contribution in [0.15, 0.2) is 36.1 Å². The molecule has 2 N–H and O–H groups in total. The van der Waals surface area contributed by atoms with E-state index in [-0.39, 0.29) is 30.3 Å². The van der Waals surface area contributed by atoms with Crippen molar-refractivity contribution in [2.24, 2.45) is 5.73 Å². The second kappa shape index (κ2) is 7.35. The fraction of sp³-hybridized carbons (Fsp3) is 0.267. The predicted molar refractivity (Wildman–Crippen MR) is 73.8 cm³/mol. The molecule has 0 aromatic heterocycles. The molecule has 0 saturated heterocycles. The quantitative estimate of drug-likeness (QED) is 0.281. The van der Waals surface area contributed by atoms with E-state index >= 15 is 0 Å². The van der Waals surface area contributed by atoms with Gasteiger partial charge in [0.2, 0.25) is 0 Å². The van der Waals surface area contributed by atoms with Gasteiger partial charge in [-0.05, 0) is 19.4 Å². The fourth-order valence-electron chi connectivity index (χ4n) is 1.65. The molecule has 0 bridgehead atoms. The maximum absolute atomic E-state index is 12.0. The van der Waals surface area contributed by atoms with Crippen LogP contribution in [0.1, 0.15) is 36.2 Å². The van der Waals surface area contributed by atoms with Crippen LogP contribution >= 0.6 is 0 Å². The maximum Gasteiger partial charge on any atom is 0.318 e. The summed E-state index contributed by atoms with van der Waals surface area (Å²) in [4.78, 5) is 34.1. The Balaban J connectivity index is 2.80. The van der Waals surface area contributed by atoms with Crippen LogP contribution in [-0.2, 0) is 20.9 Å². The van der Waals surface area contributed by atoms with E-state index in [4.69, 9.17) is 10.5 Å². The lowest BCUT2D eigenvalue weighted by molar-refractivity contribution is -0.141. The Kier molecular flexibility index (Phi) is 5.80. The number of ketones is 2. The molecule has 0 amide bonds. The molecule has 0 aliphatic rings. The van der Waals surface area contributed by atoms with E-state index in [1.165, 1.54) is 19.9 Å². The molecule has 0 fully saturated rings. The van der Waals surface area contributed by atoms with Crippen LogP contribution in [-0.4, -0.2) is 17.5 Å². The van der Waals surface area contributed by atoms with Crippen LogP contribution in [0.4, 0.5) is 0 Å². The Hall–Kier alpha value is -2.27. The highest BCUT2D eigenvalue weighted by Gasteiger charge is 2.11. The molecule has 1 rings (SSSR count). The van der Waals surface area contributed by atoms with E-state index < -0.39 is 5.97 Å². The average Bonchev–Trinajstić information content (AvgIpc) is 2.37. The third-order valence-electron chi connectivity index (χ3n) is 2.51. The summed E-state index contributed by atoms with van der Waals surface area (Å²) >= 11 is 0. The number of hydrogen-bond donors (Lipinski definition) is 1. The number of carbonyl (C=O) groups is 3. The first-order valence-corrected chi connectivity index (χ1v) is 6.14. The largest absolute Gasteiger partial charge is 0.431 e. The van der Waals surface area contributed by atoms with Crippen molar-refractivity contribution in [2.45, 2.75) is 26.8 Å². The lowest BCUT2D eigenvalue weighted by Crippen LogP contribution is -2.10. The van der Waals surface area contributed by atoms with Crippen molar-refractivity contribution in [1.82, 2.24) is 0 Å². The minimum atomic E-state index is -0.675.